The minimum atomic E-state index is -3.31. The molecule has 0 saturated carbocycles. The molecule has 0 atom stereocenters. The van der Waals surface area contributed by atoms with Gasteiger partial charge in [-0.05, 0) is 12.1 Å². The number of hydrogen-bond donors (Lipinski definition) is 3. The maximum absolute atomic E-state index is 11.5. The largest absolute Gasteiger partial charge is 0.396 e. The summed E-state index contributed by atoms with van der Waals surface area (Å²) in [4.78, 5) is 7.07. The zero-order valence-electron chi connectivity index (χ0n) is 10.6. The number of imidazole rings is 1. The molecule has 0 unspecified atom stereocenters. The minimum absolute atomic E-state index is 0.152. The van der Waals surface area contributed by atoms with Gasteiger partial charge in [0.1, 0.15) is 0 Å². The highest BCUT2D eigenvalue weighted by molar-refractivity contribution is 7.90. The van der Waals surface area contributed by atoms with Crippen molar-refractivity contribution in [1.29, 1.82) is 0 Å². The standard InChI is InChI=1S/C12H16N4O2S/c1-19(17,18)11-4-2-3-10(12(11)13)15-6-5-9-7-14-8-16-9/h2-4,7-8,15H,5-6,13H2,1H3,(H,14,16). The van der Waals surface area contributed by atoms with Crippen LogP contribution < -0.4 is 11.1 Å². The van der Waals surface area contributed by atoms with Crippen molar-refractivity contribution in [2.75, 3.05) is 23.9 Å². The number of rotatable bonds is 5. The van der Waals surface area contributed by atoms with Crippen LogP contribution in [0, 0.1) is 0 Å². The molecule has 19 heavy (non-hydrogen) atoms. The Morgan fingerprint density at radius 1 is 1.42 bits per heavy atom. The lowest BCUT2D eigenvalue weighted by Crippen LogP contribution is -2.10. The van der Waals surface area contributed by atoms with Crippen molar-refractivity contribution in [2.45, 2.75) is 11.3 Å². The van der Waals surface area contributed by atoms with E-state index in [9.17, 15) is 8.42 Å². The Morgan fingerprint density at radius 2 is 2.21 bits per heavy atom. The predicted molar refractivity (Wildman–Crippen MR) is 74.7 cm³/mol. The first-order valence-electron chi connectivity index (χ1n) is 5.78. The molecule has 1 aromatic carbocycles. The third-order valence-corrected chi connectivity index (χ3v) is 3.89. The molecule has 0 aliphatic rings. The topological polar surface area (TPSA) is 101 Å². The van der Waals surface area contributed by atoms with Gasteiger partial charge in [0.05, 0.1) is 22.6 Å². The number of aromatic nitrogens is 2. The van der Waals surface area contributed by atoms with Crippen LogP contribution in [0.1, 0.15) is 5.69 Å². The normalized spacial score (nSPS) is 11.4. The van der Waals surface area contributed by atoms with Gasteiger partial charge in [0.15, 0.2) is 9.84 Å². The van der Waals surface area contributed by atoms with Crippen LogP contribution in [-0.4, -0.2) is 31.2 Å². The summed E-state index contributed by atoms with van der Waals surface area (Å²) >= 11 is 0. The summed E-state index contributed by atoms with van der Waals surface area (Å²) in [5, 5.41) is 3.13. The van der Waals surface area contributed by atoms with E-state index in [4.69, 9.17) is 5.73 Å². The molecular formula is C12H16N4O2S. The van der Waals surface area contributed by atoms with E-state index in [2.05, 4.69) is 15.3 Å². The van der Waals surface area contributed by atoms with Crippen molar-refractivity contribution in [1.82, 2.24) is 9.97 Å². The molecule has 1 aromatic heterocycles. The molecule has 0 fully saturated rings. The molecule has 0 bridgehead atoms. The number of hydrogen-bond acceptors (Lipinski definition) is 5. The molecule has 4 N–H and O–H groups in total. The first-order valence-corrected chi connectivity index (χ1v) is 7.67. The second-order valence-corrected chi connectivity index (χ2v) is 6.23. The van der Waals surface area contributed by atoms with E-state index in [0.29, 0.717) is 12.2 Å². The van der Waals surface area contributed by atoms with E-state index < -0.39 is 9.84 Å². The van der Waals surface area contributed by atoms with Crippen LogP contribution in [0.15, 0.2) is 35.6 Å². The van der Waals surface area contributed by atoms with E-state index in [0.717, 1.165) is 18.4 Å². The average Bonchev–Trinajstić information content (AvgIpc) is 2.83. The van der Waals surface area contributed by atoms with Crippen LogP contribution in [0.2, 0.25) is 0 Å². The summed E-state index contributed by atoms with van der Waals surface area (Å²) < 4.78 is 23.1. The lowest BCUT2D eigenvalue weighted by molar-refractivity contribution is 0.602. The fraction of sp³-hybridized carbons (Fsp3) is 0.250. The number of nitrogen functional groups attached to an aromatic ring is 1. The fourth-order valence-electron chi connectivity index (χ4n) is 1.77. The van der Waals surface area contributed by atoms with Crippen LogP contribution in [0.5, 0.6) is 0 Å². The van der Waals surface area contributed by atoms with Gasteiger partial charge in [-0.25, -0.2) is 13.4 Å². The first kappa shape index (κ1) is 13.4. The maximum atomic E-state index is 11.5. The van der Waals surface area contributed by atoms with Gasteiger partial charge in [-0.3, -0.25) is 0 Å². The summed E-state index contributed by atoms with van der Waals surface area (Å²) in [5.41, 5.74) is 7.76. The summed E-state index contributed by atoms with van der Waals surface area (Å²) in [7, 11) is -3.31. The number of anilines is 2. The molecule has 6 nitrogen and oxygen atoms in total. The Balaban J connectivity index is 2.09. The molecule has 0 amide bonds. The van der Waals surface area contributed by atoms with Crippen LogP contribution in [-0.2, 0) is 16.3 Å². The van der Waals surface area contributed by atoms with Crippen molar-refractivity contribution in [2.24, 2.45) is 0 Å². The molecular weight excluding hydrogens is 264 g/mol. The Hall–Kier alpha value is -2.02. The van der Waals surface area contributed by atoms with E-state index in [1.807, 2.05) is 0 Å². The van der Waals surface area contributed by atoms with Crippen molar-refractivity contribution >= 4 is 21.2 Å². The Bertz CT molecular complexity index is 650. The predicted octanol–water partition coefficient (Wildman–Crippen LogP) is 1.05. The van der Waals surface area contributed by atoms with Crippen LogP contribution in [0.4, 0.5) is 11.4 Å². The lowest BCUT2D eigenvalue weighted by Gasteiger charge is -2.11. The number of para-hydroxylation sites is 1. The number of H-pyrrole nitrogens is 1. The fourth-order valence-corrected chi connectivity index (χ4v) is 2.61. The number of nitrogens with one attached hydrogen (secondary N) is 2. The lowest BCUT2D eigenvalue weighted by atomic mass is 10.2. The molecule has 0 saturated heterocycles. The van der Waals surface area contributed by atoms with E-state index in [-0.39, 0.29) is 10.6 Å². The molecule has 7 heteroatoms. The number of sulfone groups is 1. The number of benzene rings is 1. The molecule has 1 heterocycles. The number of nitrogens with zero attached hydrogens (tertiary/aromatic N) is 1. The molecule has 102 valence electrons. The van der Waals surface area contributed by atoms with Gasteiger partial charge in [0.25, 0.3) is 0 Å². The van der Waals surface area contributed by atoms with Gasteiger partial charge >= 0.3 is 0 Å². The Labute approximate surface area is 112 Å². The van der Waals surface area contributed by atoms with Crippen molar-refractivity contribution in [3.05, 3.63) is 36.4 Å². The SMILES string of the molecule is CS(=O)(=O)c1cccc(NCCc2cnc[nH]2)c1N. The zero-order valence-corrected chi connectivity index (χ0v) is 11.4. The van der Waals surface area contributed by atoms with Crippen molar-refractivity contribution < 1.29 is 8.42 Å². The summed E-state index contributed by atoms with van der Waals surface area (Å²) in [6.45, 7) is 0.639. The molecule has 0 aliphatic heterocycles. The van der Waals surface area contributed by atoms with Gasteiger partial charge in [-0.2, -0.15) is 0 Å². The summed E-state index contributed by atoms with van der Waals surface area (Å²) in [6.07, 6.45) is 5.27. The molecule has 2 aromatic rings. The van der Waals surface area contributed by atoms with Crippen LogP contribution in [0.25, 0.3) is 0 Å². The van der Waals surface area contributed by atoms with E-state index in [1.54, 1.807) is 24.7 Å². The van der Waals surface area contributed by atoms with E-state index in [1.165, 1.54) is 6.07 Å². The third kappa shape index (κ3) is 3.25. The van der Waals surface area contributed by atoms with Crippen molar-refractivity contribution in [3.8, 4) is 0 Å². The Kier molecular flexibility index (Phi) is 3.75. The molecule has 0 radical (unpaired) electrons. The smallest absolute Gasteiger partial charge is 0.177 e. The zero-order chi connectivity index (χ0) is 13.9. The highest BCUT2D eigenvalue weighted by Gasteiger charge is 2.13. The third-order valence-electron chi connectivity index (χ3n) is 2.73. The minimum Gasteiger partial charge on any atom is -0.396 e. The first-order chi connectivity index (χ1) is 8.98. The molecule has 0 aliphatic carbocycles. The van der Waals surface area contributed by atoms with E-state index >= 15 is 0 Å². The van der Waals surface area contributed by atoms with Gasteiger partial charge in [0.2, 0.25) is 0 Å². The quantitative estimate of drug-likeness (QED) is 0.711. The number of nitrogens with two attached hydrogens (primary N) is 1. The van der Waals surface area contributed by atoms with Gasteiger partial charge < -0.3 is 16.0 Å². The second-order valence-electron chi connectivity index (χ2n) is 4.24. The maximum Gasteiger partial charge on any atom is 0.177 e. The molecule has 2 rings (SSSR count). The summed E-state index contributed by atoms with van der Waals surface area (Å²) in [6, 6.07) is 4.94. The molecule has 0 spiro atoms. The highest BCUT2D eigenvalue weighted by atomic mass is 32.2. The Morgan fingerprint density at radius 3 is 2.84 bits per heavy atom. The average molecular weight is 280 g/mol. The monoisotopic (exact) mass is 280 g/mol. The van der Waals surface area contributed by atoms with Gasteiger partial charge in [0, 0.05) is 31.1 Å². The van der Waals surface area contributed by atoms with Crippen LogP contribution >= 0.6 is 0 Å². The number of aromatic amines is 1. The van der Waals surface area contributed by atoms with Crippen molar-refractivity contribution in [3.63, 3.8) is 0 Å². The summed E-state index contributed by atoms with van der Waals surface area (Å²) in [5.74, 6) is 0. The van der Waals surface area contributed by atoms with Gasteiger partial charge in [-0.15, -0.1) is 0 Å². The highest BCUT2D eigenvalue weighted by Crippen LogP contribution is 2.26. The van der Waals surface area contributed by atoms with Crippen LogP contribution in [0.3, 0.4) is 0 Å². The van der Waals surface area contributed by atoms with Gasteiger partial charge in [-0.1, -0.05) is 6.07 Å². The second kappa shape index (κ2) is 5.31.